The highest BCUT2D eigenvalue weighted by molar-refractivity contribution is 6.02. The Kier molecular flexibility index (Phi) is 4.68. The van der Waals surface area contributed by atoms with E-state index in [0.717, 1.165) is 5.57 Å². The first-order valence-electron chi connectivity index (χ1n) is 7.85. The van der Waals surface area contributed by atoms with Gasteiger partial charge in [0.2, 0.25) is 0 Å². The summed E-state index contributed by atoms with van der Waals surface area (Å²) in [6.45, 7) is 17.1. The van der Waals surface area contributed by atoms with Crippen LogP contribution in [0.4, 0.5) is 0 Å². The fourth-order valence-electron chi connectivity index (χ4n) is 3.59. The highest BCUT2D eigenvalue weighted by atomic mass is 16.1. The molecule has 0 N–H and O–H groups in total. The second-order valence-electron chi connectivity index (χ2n) is 7.63. The lowest BCUT2D eigenvalue weighted by Gasteiger charge is -2.50. The summed E-state index contributed by atoms with van der Waals surface area (Å²) in [5.74, 6) is 3.40. The standard InChI is InChI=1S/C16H27NO.C3H4/c1-9-11(3)17(8)13-10(2)15(4,5)16(6,7)14(18)12(9)13;1-3-2/h9-11H,1-8H3;1H,2H3. The summed E-state index contributed by atoms with van der Waals surface area (Å²) >= 11 is 0. The lowest BCUT2D eigenvalue weighted by atomic mass is 9.54. The van der Waals surface area contributed by atoms with Gasteiger partial charge in [-0.05, 0) is 19.3 Å². The molecule has 0 saturated carbocycles. The van der Waals surface area contributed by atoms with Crippen molar-refractivity contribution < 1.29 is 4.79 Å². The molecular formula is C19H31NO. The van der Waals surface area contributed by atoms with Gasteiger partial charge in [0.15, 0.2) is 5.78 Å². The Balaban J connectivity index is 0.000000677. The number of rotatable bonds is 0. The van der Waals surface area contributed by atoms with E-state index in [4.69, 9.17) is 0 Å². The van der Waals surface area contributed by atoms with Crippen molar-refractivity contribution in [3.05, 3.63) is 11.3 Å². The van der Waals surface area contributed by atoms with Crippen molar-refractivity contribution in [3.8, 4) is 12.3 Å². The first kappa shape index (κ1) is 17.8. The van der Waals surface area contributed by atoms with E-state index < -0.39 is 0 Å². The van der Waals surface area contributed by atoms with E-state index in [1.807, 2.05) is 0 Å². The van der Waals surface area contributed by atoms with Gasteiger partial charge < -0.3 is 4.90 Å². The minimum Gasteiger partial charge on any atom is -0.374 e. The molecule has 0 aromatic carbocycles. The highest BCUT2D eigenvalue weighted by Crippen LogP contribution is 2.57. The molecule has 3 unspecified atom stereocenters. The number of terminal acetylenes is 1. The average molecular weight is 289 g/mol. The van der Waals surface area contributed by atoms with E-state index in [1.54, 1.807) is 6.92 Å². The normalized spacial score (nSPS) is 33.0. The number of carbonyl (C=O) groups excluding carboxylic acids is 1. The first-order chi connectivity index (χ1) is 9.46. The molecule has 0 fully saturated rings. The third-order valence-corrected chi connectivity index (χ3v) is 6.36. The number of carbonyl (C=O) groups is 1. The molecule has 0 amide bonds. The minimum absolute atomic E-state index is 0.000949. The van der Waals surface area contributed by atoms with Crippen LogP contribution < -0.4 is 0 Å². The van der Waals surface area contributed by atoms with Gasteiger partial charge in [-0.2, -0.15) is 0 Å². The number of hydrogen-bond donors (Lipinski definition) is 0. The van der Waals surface area contributed by atoms with Gasteiger partial charge in [0, 0.05) is 41.6 Å². The number of Topliss-reactive ketones (excluding diaryl/α,β-unsaturated/α-hetero) is 1. The van der Waals surface area contributed by atoms with Crippen LogP contribution in [-0.2, 0) is 4.79 Å². The van der Waals surface area contributed by atoms with Crippen LogP contribution >= 0.6 is 0 Å². The fraction of sp³-hybridized carbons (Fsp3) is 0.737. The Morgan fingerprint density at radius 1 is 1.14 bits per heavy atom. The molecule has 2 nitrogen and oxygen atoms in total. The molecule has 0 aromatic rings. The largest absolute Gasteiger partial charge is 0.374 e. The van der Waals surface area contributed by atoms with E-state index in [2.05, 4.69) is 72.8 Å². The van der Waals surface area contributed by atoms with Gasteiger partial charge in [-0.25, -0.2) is 0 Å². The second-order valence-corrected chi connectivity index (χ2v) is 7.63. The molecule has 2 aliphatic rings. The van der Waals surface area contributed by atoms with Gasteiger partial charge in [0.05, 0.1) is 0 Å². The fourth-order valence-corrected chi connectivity index (χ4v) is 3.59. The molecule has 0 spiro atoms. The van der Waals surface area contributed by atoms with Crippen LogP contribution in [0.2, 0.25) is 0 Å². The molecule has 1 heterocycles. The molecule has 118 valence electrons. The van der Waals surface area contributed by atoms with Crippen LogP contribution in [0.25, 0.3) is 0 Å². The molecule has 1 aliphatic heterocycles. The Labute approximate surface area is 131 Å². The summed E-state index contributed by atoms with van der Waals surface area (Å²) in [5, 5.41) is 0. The summed E-state index contributed by atoms with van der Waals surface area (Å²) < 4.78 is 0. The van der Waals surface area contributed by atoms with Crippen LogP contribution in [-0.4, -0.2) is 23.8 Å². The Hall–Kier alpha value is -1.23. The predicted molar refractivity (Wildman–Crippen MR) is 89.7 cm³/mol. The number of allylic oxidation sites excluding steroid dienone is 1. The predicted octanol–water partition coefficient (Wildman–Crippen LogP) is 4.12. The first-order valence-corrected chi connectivity index (χ1v) is 7.85. The van der Waals surface area contributed by atoms with Crippen LogP contribution in [0.5, 0.6) is 0 Å². The van der Waals surface area contributed by atoms with Crippen LogP contribution in [0, 0.1) is 35.0 Å². The van der Waals surface area contributed by atoms with E-state index in [0.29, 0.717) is 23.7 Å². The van der Waals surface area contributed by atoms with Gasteiger partial charge in [0.1, 0.15) is 0 Å². The van der Waals surface area contributed by atoms with Crippen molar-refractivity contribution in [2.75, 3.05) is 7.05 Å². The number of nitrogens with zero attached hydrogens (tertiary/aromatic N) is 1. The summed E-state index contributed by atoms with van der Waals surface area (Å²) in [6.07, 6.45) is 4.60. The summed E-state index contributed by atoms with van der Waals surface area (Å²) in [7, 11) is 2.14. The number of ketones is 1. The van der Waals surface area contributed by atoms with Gasteiger partial charge in [-0.3, -0.25) is 4.79 Å². The third-order valence-electron chi connectivity index (χ3n) is 6.36. The van der Waals surface area contributed by atoms with Gasteiger partial charge in [0.25, 0.3) is 0 Å². The molecule has 0 radical (unpaired) electrons. The molecule has 0 aromatic heterocycles. The molecule has 2 heteroatoms. The van der Waals surface area contributed by atoms with E-state index in [1.165, 1.54) is 5.70 Å². The Bertz CT molecular complexity index is 504. The lowest BCUT2D eigenvalue weighted by Crippen LogP contribution is -2.50. The lowest BCUT2D eigenvalue weighted by molar-refractivity contribution is -0.133. The summed E-state index contributed by atoms with van der Waals surface area (Å²) in [6, 6.07) is 0.436. The molecule has 0 bridgehead atoms. The van der Waals surface area contributed by atoms with E-state index in [-0.39, 0.29) is 10.8 Å². The van der Waals surface area contributed by atoms with Crippen molar-refractivity contribution in [2.24, 2.45) is 22.7 Å². The van der Waals surface area contributed by atoms with Gasteiger partial charge in [-0.1, -0.05) is 41.5 Å². The highest BCUT2D eigenvalue weighted by Gasteiger charge is 2.56. The quantitative estimate of drug-likeness (QED) is 0.625. The Morgan fingerprint density at radius 3 is 2.00 bits per heavy atom. The van der Waals surface area contributed by atoms with E-state index in [9.17, 15) is 4.79 Å². The third kappa shape index (κ3) is 2.31. The second kappa shape index (κ2) is 5.52. The summed E-state index contributed by atoms with van der Waals surface area (Å²) in [4.78, 5) is 15.2. The van der Waals surface area contributed by atoms with Crippen molar-refractivity contribution in [1.29, 1.82) is 0 Å². The van der Waals surface area contributed by atoms with Crippen molar-refractivity contribution >= 4 is 5.78 Å². The van der Waals surface area contributed by atoms with Crippen LogP contribution in [0.15, 0.2) is 11.3 Å². The molecule has 3 atom stereocenters. The minimum atomic E-state index is -0.273. The van der Waals surface area contributed by atoms with Gasteiger partial charge >= 0.3 is 0 Å². The average Bonchev–Trinajstić information content (AvgIpc) is 2.60. The zero-order valence-corrected chi connectivity index (χ0v) is 15.2. The molecule has 0 saturated heterocycles. The zero-order chi connectivity index (χ0) is 16.7. The SMILES string of the molecule is C#CC.CC1C2=C(C(C)C(C)(C)C(C)(C)C2=O)N(C)C1C. The molecule has 1 aliphatic carbocycles. The monoisotopic (exact) mass is 289 g/mol. The maximum Gasteiger partial charge on any atom is 0.167 e. The van der Waals surface area contributed by atoms with Gasteiger partial charge in [-0.15, -0.1) is 12.3 Å². The van der Waals surface area contributed by atoms with Crippen molar-refractivity contribution in [3.63, 3.8) is 0 Å². The molecule has 21 heavy (non-hydrogen) atoms. The van der Waals surface area contributed by atoms with Crippen molar-refractivity contribution in [1.82, 2.24) is 4.90 Å². The zero-order valence-electron chi connectivity index (χ0n) is 15.2. The Morgan fingerprint density at radius 2 is 1.57 bits per heavy atom. The summed E-state index contributed by atoms with van der Waals surface area (Å²) in [5.41, 5.74) is 2.12. The van der Waals surface area contributed by atoms with Crippen LogP contribution in [0.3, 0.4) is 0 Å². The molecule has 2 rings (SSSR count). The van der Waals surface area contributed by atoms with E-state index >= 15 is 0 Å². The van der Waals surface area contributed by atoms with Crippen LogP contribution in [0.1, 0.15) is 55.4 Å². The molecular weight excluding hydrogens is 258 g/mol. The topological polar surface area (TPSA) is 20.3 Å². The van der Waals surface area contributed by atoms with Crippen molar-refractivity contribution in [2.45, 2.75) is 61.4 Å². The maximum atomic E-state index is 12.9. The smallest absolute Gasteiger partial charge is 0.167 e. The number of hydrogen-bond acceptors (Lipinski definition) is 2. The maximum absolute atomic E-state index is 12.9.